The number of hydrogen-bond donors (Lipinski definition) is 3. The van der Waals surface area contributed by atoms with E-state index in [1.165, 1.54) is 24.3 Å². The number of nitrogens with one attached hydrogen (secondary N) is 2. The van der Waals surface area contributed by atoms with E-state index in [9.17, 15) is 18.0 Å². The van der Waals surface area contributed by atoms with Crippen molar-refractivity contribution in [2.75, 3.05) is 11.9 Å². The molecule has 11 heteroatoms. The van der Waals surface area contributed by atoms with Crippen LogP contribution in [0, 0.1) is 0 Å². The first kappa shape index (κ1) is 25.7. The van der Waals surface area contributed by atoms with Crippen molar-refractivity contribution in [2.45, 2.75) is 17.4 Å². The molecule has 0 bridgehead atoms. The summed E-state index contributed by atoms with van der Waals surface area (Å²) in [6, 6.07) is 17.3. The van der Waals surface area contributed by atoms with Crippen molar-refractivity contribution >= 4 is 55.1 Å². The van der Waals surface area contributed by atoms with E-state index in [1.807, 2.05) is 0 Å². The zero-order chi connectivity index (χ0) is 24.7. The summed E-state index contributed by atoms with van der Waals surface area (Å²) in [6.45, 7) is -0.291. The molecule has 1 unspecified atom stereocenters. The fraction of sp³-hybridized carbons (Fsp3) is 0.130. The minimum Gasteiger partial charge on any atom is -0.491 e. The Morgan fingerprint density at radius 1 is 0.971 bits per heavy atom. The Morgan fingerprint density at radius 2 is 1.59 bits per heavy atom. The van der Waals surface area contributed by atoms with Gasteiger partial charge in [0, 0.05) is 15.2 Å². The first-order chi connectivity index (χ1) is 16.1. The molecule has 0 aliphatic rings. The fourth-order valence-corrected chi connectivity index (χ4v) is 4.42. The summed E-state index contributed by atoms with van der Waals surface area (Å²) in [6.07, 6.45) is -0.154. The lowest BCUT2D eigenvalue weighted by molar-refractivity contribution is -0.136. The Bertz CT molecular complexity index is 1250. The maximum absolute atomic E-state index is 13.0. The van der Waals surface area contributed by atoms with Crippen LogP contribution in [0.1, 0.15) is 5.56 Å². The van der Waals surface area contributed by atoms with E-state index in [0.29, 0.717) is 26.5 Å². The average Bonchev–Trinajstić information content (AvgIpc) is 2.79. The van der Waals surface area contributed by atoms with Crippen molar-refractivity contribution in [3.8, 4) is 5.75 Å². The van der Waals surface area contributed by atoms with E-state index < -0.39 is 27.9 Å². The predicted octanol–water partition coefficient (Wildman–Crippen LogP) is 4.09. The topological polar surface area (TPSA) is 122 Å². The maximum atomic E-state index is 13.0. The zero-order valence-corrected chi connectivity index (χ0v) is 20.7. The van der Waals surface area contributed by atoms with Gasteiger partial charge in [0.05, 0.1) is 11.3 Å². The number of amides is 1. The molecule has 0 aliphatic carbocycles. The molecule has 3 rings (SSSR count). The van der Waals surface area contributed by atoms with Gasteiger partial charge in [0.25, 0.3) is 0 Å². The molecule has 0 radical (unpaired) electrons. The van der Waals surface area contributed by atoms with Gasteiger partial charge in [0.15, 0.2) is 0 Å². The number of carboxylic acid groups (broad SMARTS) is 1. The monoisotopic (exact) mass is 566 g/mol. The number of ether oxygens (including phenoxy) is 1. The largest absolute Gasteiger partial charge is 0.491 e. The third kappa shape index (κ3) is 7.56. The van der Waals surface area contributed by atoms with Crippen LogP contribution in [-0.2, 0) is 26.0 Å². The smallest absolute Gasteiger partial charge is 0.307 e. The molecule has 3 aromatic carbocycles. The van der Waals surface area contributed by atoms with E-state index in [2.05, 4.69) is 26.0 Å². The molecule has 0 saturated heterocycles. The second-order valence-corrected chi connectivity index (χ2v) is 10.2. The molecule has 0 fully saturated rings. The number of carbonyl (C=O) groups is 2. The van der Waals surface area contributed by atoms with Gasteiger partial charge >= 0.3 is 5.97 Å². The molecular formula is C23H20BrClN2O6S. The second kappa shape index (κ2) is 11.5. The van der Waals surface area contributed by atoms with Crippen LogP contribution in [0.3, 0.4) is 0 Å². The number of rotatable bonds is 10. The molecule has 34 heavy (non-hydrogen) atoms. The summed E-state index contributed by atoms with van der Waals surface area (Å²) in [5.41, 5.74) is 0.933. The number of anilines is 1. The van der Waals surface area contributed by atoms with E-state index in [4.69, 9.17) is 21.4 Å². The molecule has 3 aromatic rings. The first-order valence-electron chi connectivity index (χ1n) is 9.90. The summed E-state index contributed by atoms with van der Waals surface area (Å²) >= 11 is 9.13. The van der Waals surface area contributed by atoms with Crippen molar-refractivity contribution in [3.05, 3.63) is 87.9 Å². The van der Waals surface area contributed by atoms with Gasteiger partial charge in [-0.1, -0.05) is 39.7 Å². The van der Waals surface area contributed by atoms with E-state index in [-0.39, 0.29) is 17.9 Å². The van der Waals surface area contributed by atoms with E-state index in [0.717, 1.165) is 0 Å². The standard InChI is InChI=1S/C23H20BrClN2O6S/c24-16-3-11-20(12-4-16)34(31,32)27-21(14-33-19-9-5-17(25)6-10-19)23(30)26-18-7-1-15(2-8-18)13-22(28)29/h1-12,21,27H,13-14H2,(H,26,30)(H,28,29). The van der Waals surface area contributed by atoms with Crippen molar-refractivity contribution in [1.29, 1.82) is 0 Å². The van der Waals surface area contributed by atoms with Crippen LogP contribution in [0.2, 0.25) is 5.02 Å². The number of aliphatic carboxylic acids is 1. The van der Waals surface area contributed by atoms with Crippen molar-refractivity contribution in [3.63, 3.8) is 0 Å². The number of carbonyl (C=O) groups excluding carboxylic acids is 1. The highest BCUT2D eigenvalue weighted by atomic mass is 79.9. The van der Waals surface area contributed by atoms with Crippen LogP contribution < -0.4 is 14.8 Å². The highest BCUT2D eigenvalue weighted by Gasteiger charge is 2.27. The lowest BCUT2D eigenvalue weighted by Crippen LogP contribution is -2.47. The van der Waals surface area contributed by atoms with Crippen LogP contribution in [-0.4, -0.2) is 38.0 Å². The van der Waals surface area contributed by atoms with Crippen LogP contribution in [0.5, 0.6) is 5.75 Å². The van der Waals surface area contributed by atoms with Gasteiger partial charge in [-0.15, -0.1) is 0 Å². The second-order valence-electron chi connectivity index (χ2n) is 7.15. The summed E-state index contributed by atoms with van der Waals surface area (Å²) in [4.78, 5) is 23.8. The van der Waals surface area contributed by atoms with Crippen molar-refractivity contribution in [1.82, 2.24) is 4.72 Å². The van der Waals surface area contributed by atoms with E-state index in [1.54, 1.807) is 48.5 Å². The summed E-state index contributed by atoms with van der Waals surface area (Å²) in [7, 11) is -4.04. The van der Waals surface area contributed by atoms with Crippen molar-refractivity contribution in [2.24, 2.45) is 0 Å². The fourth-order valence-electron chi connectivity index (χ4n) is 2.85. The maximum Gasteiger partial charge on any atom is 0.307 e. The first-order valence-corrected chi connectivity index (χ1v) is 12.6. The van der Waals surface area contributed by atoms with Gasteiger partial charge < -0.3 is 15.2 Å². The highest BCUT2D eigenvalue weighted by Crippen LogP contribution is 2.18. The SMILES string of the molecule is O=C(O)Cc1ccc(NC(=O)C(COc2ccc(Cl)cc2)NS(=O)(=O)c2ccc(Br)cc2)cc1. The molecule has 0 spiro atoms. The highest BCUT2D eigenvalue weighted by molar-refractivity contribution is 9.10. The minimum absolute atomic E-state index is 0.0157. The summed E-state index contributed by atoms with van der Waals surface area (Å²) in [5, 5.41) is 12.0. The molecule has 1 amide bonds. The van der Waals surface area contributed by atoms with Gasteiger partial charge in [-0.05, 0) is 66.2 Å². The normalized spacial score (nSPS) is 12.1. The van der Waals surface area contributed by atoms with Gasteiger partial charge in [0.1, 0.15) is 18.4 Å². The van der Waals surface area contributed by atoms with Crippen LogP contribution >= 0.6 is 27.5 Å². The molecule has 178 valence electrons. The predicted molar refractivity (Wildman–Crippen MR) is 132 cm³/mol. The zero-order valence-electron chi connectivity index (χ0n) is 17.6. The molecular weight excluding hydrogens is 548 g/mol. The quantitative estimate of drug-likeness (QED) is 0.339. The van der Waals surface area contributed by atoms with Crippen LogP contribution in [0.25, 0.3) is 0 Å². The Hall–Kier alpha value is -2.92. The third-order valence-electron chi connectivity index (χ3n) is 4.54. The lowest BCUT2D eigenvalue weighted by Gasteiger charge is -2.19. The number of sulfonamides is 1. The average molecular weight is 568 g/mol. The molecule has 1 atom stereocenters. The lowest BCUT2D eigenvalue weighted by atomic mass is 10.1. The van der Waals surface area contributed by atoms with Gasteiger partial charge in [0.2, 0.25) is 15.9 Å². The Labute approximate surface area is 210 Å². The summed E-state index contributed by atoms with van der Waals surface area (Å²) in [5.74, 6) is -1.22. The molecule has 0 saturated carbocycles. The number of benzene rings is 3. The Kier molecular flexibility index (Phi) is 8.67. The number of hydrogen-bond acceptors (Lipinski definition) is 5. The molecule has 0 heterocycles. The third-order valence-corrected chi connectivity index (χ3v) is 6.81. The van der Waals surface area contributed by atoms with Crippen LogP contribution in [0.15, 0.2) is 82.2 Å². The molecule has 3 N–H and O–H groups in total. The molecule has 0 aliphatic heterocycles. The minimum atomic E-state index is -4.04. The molecule has 8 nitrogen and oxygen atoms in total. The Balaban J connectivity index is 1.78. The van der Waals surface area contributed by atoms with Crippen LogP contribution in [0.4, 0.5) is 5.69 Å². The number of halogens is 2. The van der Waals surface area contributed by atoms with Crippen molar-refractivity contribution < 1.29 is 27.9 Å². The van der Waals surface area contributed by atoms with Gasteiger partial charge in [-0.2, -0.15) is 4.72 Å². The Morgan fingerprint density at radius 3 is 2.18 bits per heavy atom. The van der Waals surface area contributed by atoms with Gasteiger partial charge in [-0.3, -0.25) is 9.59 Å². The summed E-state index contributed by atoms with van der Waals surface area (Å²) < 4.78 is 34.5. The van der Waals surface area contributed by atoms with Gasteiger partial charge in [-0.25, -0.2) is 8.42 Å². The molecule has 0 aromatic heterocycles. The van der Waals surface area contributed by atoms with E-state index >= 15 is 0 Å². The number of carboxylic acids is 1.